The standard InChI is InChI=1S/C11H12N2OS/c1-3-13-6-9(5-12-13)11(14)10-4-8(2)7-15-10/h4-7H,3H2,1-2H3. The molecule has 0 N–H and O–H groups in total. The van der Waals surface area contributed by atoms with E-state index < -0.39 is 0 Å². The van der Waals surface area contributed by atoms with Crippen LogP contribution in [0.1, 0.15) is 27.7 Å². The summed E-state index contributed by atoms with van der Waals surface area (Å²) in [6.07, 6.45) is 3.41. The van der Waals surface area contributed by atoms with E-state index in [-0.39, 0.29) is 5.78 Å². The van der Waals surface area contributed by atoms with Crippen molar-refractivity contribution in [2.75, 3.05) is 0 Å². The zero-order valence-corrected chi connectivity index (χ0v) is 9.54. The van der Waals surface area contributed by atoms with Gasteiger partial charge in [0.05, 0.1) is 16.6 Å². The van der Waals surface area contributed by atoms with Gasteiger partial charge in [0, 0.05) is 12.7 Å². The predicted molar refractivity (Wildman–Crippen MR) is 60.4 cm³/mol. The predicted octanol–water partition coefficient (Wildman–Crippen LogP) is 2.50. The summed E-state index contributed by atoms with van der Waals surface area (Å²) in [4.78, 5) is 12.7. The van der Waals surface area contributed by atoms with Crippen molar-refractivity contribution in [3.05, 3.63) is 39.8 Å². The summed E-state index contributed by atoms with van der Waals surface area (Å²) in [5.74, 6) is 0.0628. The van der Waals surface area contributed by atoms with Crippen LogP contribution >= 0.6 is 11.3 Å². The third-order valence-corrected chi connectivity index (χ3v) is 3.22. The molecule has 0 aliphatic heterocycles. The molecule has 0 aromatic carbocycles. The van der Waals surface area contributed by atoms with Gasteiger partial charge in [-0.1, -0.05) is 0 Å². The number of carbonyl (C=O) groups is 1. The normalized spacial score (nSPS) is 10.5. The molecule has 0 saturated carbocycles. The zero-order valence-electron chi connectivity index (χ0n) is 8.73. The molecule has 2 heterocycles. The van der Waals surface area contributed by atoms with E-state index in [4.69, 9.17) is 0 Å². The number of thiophene rings is 1. The van der Waals surface area contributed by atoms with Crippen molar-refractivity contribution in [3.8, 4) is 0 Å². The van der Waals surface area contributed by atoms with Crippen molar-refractivity contribution in [2.24, 2.45) is 0 Å². The van der Waals surface area contributed by atoms with Crippen LogP contribution in [0.25, 0.3) is 0 Å². The first-order valence-corrected chi connectivity index (χ1v) is 5.71. The van der Waals surface area contributed by atoms with Gasteiger partial charge in [0.25, 0.3) is 0 Å². The monoisotopic (exact) mass is 220 g/mol. The largest absolute Gasteiger partial charge is 0.288 e. The van der Waals surface area contributed by atoms with Gasteiger partial charge >= 0.3 is 0 Å². The second-order valence-electron chi connectivity index (χ2n) is 3.40. The van der Waals surface area contributed by atoms with Gasteiger partial charge in [0.15, 0.2) is 0 Å². The molecule has 15 heavy (non-hydrogen) atoms. The highest BCUT2D eigenvalue weighted by molar-refractivity contribution is 7.12. The van der Waals surface area contributed by atoms with Crippen LogP contribution < -0.4 is 0 Å². The van der Waals surface area contributed by atoms with Gasteiger partial charge in [0.1, 0.15) is 0 Å². The summed E-state index contributed by atoms with van der Waals surface area (Å²) in [7, 11) is 0. The summed E-state index contributed by atoms with van der Waals surface area (Å²) in [6.45, 7) is 4.77. The second kappa shape index (κ2) is 3.98. The number of carbonyl (C=O) groups excluding carboxylic acids is 1. The maximum Gasteiger partial charge on any atom is 0.206 e. The molecule has 0 unspecified atom stereocenters. The molecule has 0 bridgehead atoms. The summed E-state index contributed by atoms with van der Waals surface area (Å²) < 4.78 is 1.76. The lowest BCUT2D eigenvalue weighted by Crippen LogP contribution is -1.97. The molecular weight excluding hydrogens is 208 g/mol. The fourth-order valence-corrected chi connectivity index (χ4v) is 2.21. The summed E-state index contributed by atoms with van der Waals surface area (Å²) in [6, 6.07) is 1.91. The van der Waals surface area contributed by atoms with Gasteiger partial charge in [0.2, 0.25) is 5.78 Å². The molecule has 0 aliphatic carbocycles. The molecule has 0 radical (unpaired) electrons. The third kappa shape index (κ3) is 1.99. The fraction of sp³-hybridized carbons (Fsp3) is 0.273. The van der Waals surface area contributed by atoms with Gasteiger partial charge in [-0.25, -0.2) is 0 Å². The van der Waals surface area contributed by atoms with E-state index >= 15 is 0 Å². The topological polar surface area (TPSA) is 34.9 Å². The first kappa shape index (κ1) is 10.1. The molecule has 0 saturated heterocycles. The van der Waals surface area contributed by atoms with Gasteiger partial charge in [-0.2, -0.15) is 5.10 Å². The first-order chi connectivity index (χ1) is 7.20. The van der Waals surface area contributed by atoms with Crippen molar-refractivity contribution >= 4 is 17.1 Å². The molecule has 0 atom stereocenters. The van der Waals surface area contributed by atoms with Crippen molar-refractivity contribution in [2.45, 2.75) is 20.4 Å². The smallest absolute Gasteiger partial charge is 0.206 e. The quantitative estimate of drug-likeness (QED) is 0.745. The molecule has 4 heteroatoms. The Morgan fingerprint density at radius 3 is 2.93 bits per heavy atom. The molecule has 2 aromatic rings. The molecule has 2 rings (SSSR count). The van der Waals surface area contributed by atoms with E-state index in [2.05, 4.69) is 5.10 Å². The minimum Gasteiger partial charge on any atom is -0.288 e. The Balaban J connectivity index is 2.28. The molecule has 0 fully saturated rings. The number of aromatic nitrogens is 2. The van der Waals surface area contributed by atoms with Crippen molar-refractivity contribution < 1.29 is 4.79 Å². The highest BCUT2D eigenvalue weighted by Gasteiger charge is 2.12. The Hall–Kier alpha value is -1.42. The summed E-state index contributed by atoms with van der Waals surface area (Å²) in [5, 5.41) is 6.07. The SMILES string of the molecule is CCn1cc(C(=O)c2cc(C)cs2)cn1. The fourth-order valence-electron chi connectivity index (χ4n) is 1.35. The number of aryl methyl sites for hydroxylation is 2. The van der Waals surface area contributed by atoms with E-state index in [1.807, 2.05) is 25.3 Å². The number of hydrogen-bond acceptors (Lipinski definition) is 3. The van der Waals surface area contributed by atoms with Gasteiger partial charge in [-0.3, -0.25) is 9.48 Å². The average Bonchev–Trinajstić information content (AvgIpc) is 2.84. The highest BCUT2D eigenvalue weighted by Crippen LogP contribution is 2.17. The van der Waals surface area contributed by atoms with Crippen LogP contribution in [-0.4, -0.2) is 15.6 Å². The van der Waals surface area contributed by atoms with Crippen LogP contribution in [-0.2, 0) is 6.54 Å². The van der Waals surface area contributed by atoms with E-state index in [9.17, 15) is 4.79 Å². The molecule has 78 valence electrons. The number of ketones is 1. The Morgan fingerprint density at radius 1 is 1.60 bits per heavy atom. The van der Waals surface area contributed by atoms with E-state index in [1.54, 1.807) is 17.1 Å². The van der Waals surface area contributed by atoms with Crippen molar-refractivity contribution in [3.63, 3.8) is 0 Å². The lowest BCUT2D eigenvalue weighted by Gasteiger charge is -1.92. The summed E-state index contributed by atoms with van der Waals surface area (Å²) >= 11 is 1.48. The van der Waals surface area contributed by atoms with Crippen LogP contribution in [0.3, 0.4) is 0 Å². The van der Waals surface area contributed by atoms with E-state index in [0.29, 0.717) is 5.56 Å². The van der Waals surface area contributed by atoms with Gasteiger partial charge in [-0.05, 0) is 30.9 Å². The lowest BCUT2D eigenvalue weighted by atomic mass is 10.2. The summed E-state index contributed by atoms with van der Waals surface area (Å²) in [5.41, 5.74) is 1.80. The van der Waals surface area contributed by atoms with Crippen LogP contribution in [0, 0.1) is 6.92 Å². The molecule has 3 nitrogen and oxygen atoms in total. The van der Waals surface area contributed by atoms with E-state index in [1.165, 1.54) is 11.3 Å². The number of hydrogen-bond donors (Lipinski definition) is 0. The molecular formula is C11H12N2OS. The Morgan fingerprint density at radius 2 is 2.40 bits per heavy atom. The van der Waals surface area contributed by atoms with Crippen LogP contribution in [0.5, 0.6) is 0 Å². The average molecular weight is 220 g/mol. The maximum atomic E-state index is 11.9. The maximum absolute atomic E-state index is 11.9. The second-order valence-corrected chi connectivity index (χ2v) is 4.31. The van der Waals surface area contributed by atoms with Gasteiger partial charge < -0.3 is 0 Å². The molecule has 0 amide bonds. The van der Waals surface area contributed by atoms with Crippen LogP contribution in [0.4, 0.5) is 0 Å². The van der Waals surface area contributed by atoms with Crippen molar-refractivity contribution in [1.29, 1.82) is 0 Å². The molecule has 0 aliphatic rings. The Kier molecular flexibility index (Phi) is 2.68. The van der Waals surface area contributed by atoms with Crippen molar-refractivity contribution in [1.82, 2.24) is 9.78 Å². The lowest BCUT2D eigenvalue weighted by molar-refractivity contribution is 0.104. The number of rotatable bonds is 3. The molecule has 0 spiro atoms. The van der Waals surface area contributed by atoms with E-state index in [0.717, 1.165) is 17.0 Å². The highest BCUT2D eigenvalue weighted by atomic mass is 32.1. The molecule has 2 aromatic heterocycles. The Labute approximate surface area is 92.4 Å². The number of nitrogens with zero attached hydrogens (tertiary/aromatic N) is 2. The Bertz CT molecular complexity index is 484. The van der Waals surface area contributed by atoms with Crippen LogP contribution in [0.15, 0.2) is 23.8 Å². The first-order valence-electron chi connectivity index (χ1n) is 4.83. The minimum absolute atomic E-state index is 0.0628. The van der Waals surface area contributed by atoms with Crippen LogP contribution in [0.2, 0.25) is 0 Å². The minimum atomic E-state index is 0.0628. The third-order valence-electron chi connectivity index (χ3n) is 2.17. The van der Waals surface area contributed by atoms with Gasteiger partial charge in [-0.15, -0.1) is 11.3 Å². The zero-order chi connectivity index (χ0) is 10.8.